The van der Waals surface area contributed by atoms with Gasteiger partial charge in [-0.1, -0.05) is 104 Å². The van der Waals surface area contributed by atoms with Crippen molar-refractivity contribution in [2.24, 2.45) is 4.99 Å². The second-order valence-corrected chi connectivity index (χ2v) is 7.34. The predicted octanol–water partition coefficient (Wildman–Crippen LogP) is 6.23. The first-order valence-electron chi connectivity index (χ1n) is 10.3. The van der Waals surface area contributed by atoms with Crippen molar-refractivity contribution in [3.63, 3.8) is 0 Å². The number of unbranched alkanes of at least 4 members (excludes halogenated alkanes) is 3. The molecule has 0 radical (unpaired) electrons. The van der Waals surface area contributed by atoms with Crippen molar-refractivity contribution in [3.05, 3.63) is 108 Å². The van der Waals surface area contributed by atoms with E-state index in [1.165, 1.54) is 23.1 Å². The Morgan fingerprint density at radius 3 is 1.55 bits per heavy atom. The third-order valence-corrected chi connectivity index (χ3v) is 5.40. The molecule has 0 amide bonds. The van der Waals surface area contributed by atoms with E-state index in [4.69, 9.17) is 0 Å². The molecule has 0 aliphatic heterocycles. The number of hydrogen-bond acceptors (Lipinski definition) is 3. The fraction of sp³-hybridized carbons (Fsp3) is 0.269. The number of thiocarbonyl (C=S) groups is 1. The average Bonchev–Trinajstić information content (AvgIpc) is 2.80. The number of benzene rings is 3. The lowest BCUT2D eigenvalue weighted by atomic mass is 9.77. The second kappa shape index (κ2) is 11.4. The molecule has 3 rings (SSSR count). The van der Waals surface area contributed by atoms with Crippen molar-refractivity contribution in [1.29, 1.82) is 0 Å². The van der Waals surface area contributed by atoms with Crippen LogP contribution in [0.1, 0.15) is 42.4 Å². The van der Waals surface area contributed by atoms with Crippen LogP contribution in [0.5, 0.6) is 0 Å². The van der Waals surface area contributed by atoms with E-state index in [2.05, 4.69) is 119 Å². The van der Waals surface area contributed by atoms with E-state index in [-0.39, 0.29) is 5.54 Å². The first-order chi connectivity index (χ1) is 14.4. The third-order valence-electron chi connectivity index (χ3n) is 5.27. The molecule has 3 aromatic carbocycles. The summed E-state index contributed by atoms with van der Waals surface area (Å²) in [6.45, 7) is 1.73. The minimum atomic E-state index is -0.370. The molecule has 0 spiro atoms. The molecule has 0 aromatic heterocycles. The first kappa shape index (κ1) is 21.1. The zero-order valence-corrected chi connectivity index (χ0v) is 17.6. The van der Waals surface area contributed by atoms with Crippen LogP contribution < -0.4 is 5.32 Å². The van der Waals surface area contributed by atoms with Crippen LogP contribution in [0, 0.1) is 0 Å². The van der Waals surface area contributed by atoms with E-state index >= 15 is 0 Å². The molecule has 0 fully saturated rings. The van der Waals surface area contributed by atoms with Gasteiger partial charge in [0.1, 0.15) is 0 Å². The summed E-state index contributed by atoms with van der Waals surface area (Å²) in [7, 11) is 0. The molecule has 0 unspecified atom stereocenters. The number of isothiocyanates is 1. The maximum Gasteiger partial charge on any atom is 0.0947 e. The minimum Gasteiger partial charge on any atom is -0.300 e. The molecule has 1 N–H and O–H groups in total. The summed E-state index contributed by atoms with van der Waals surface area (Å²) in [6.07, 6.45) is 4.53. The molecule has 0 aliphatic carbocycles. The molecule has 29 heavy (non-hydrogen) atoms. The summed E-state index contributed by atoms with van der Waals surface area (Å²) in [6, 6.07) is 32.3. The van der Waals surface area contributed by atoms with E-state index in [1.807, 2.05) is 0 Å². The van der Waals surface area contributed by atoms with Gasteiger partial charge in [0.15, 0.2) is 0 Å². The summed E-state index contributed by atoms with van der Waals surface area (Å²) < 4.78 is 0. The zero-order chi connectivity index (χ0) is 20.2. The van der Waals surface area contributed by atoms with Crippen LogP contribution >= 0.6 is 12.2 Å². The SMILES string of the molecule is S=C=NCCCCCCNC(c1ccccc1)(c1ccccc1)c1ccccc1. The highest BCUT2D eigenvalue weighted by Gasteiger charge is 2.35. The zero-order valence-electron chi connectivity index (χ0n) is 16.8. The van der Waals surface area contributed by atoms with Gasteiger partial charge in [-0.25, -0.2) is 4.99 Å². The maximum atomic E-state index is 4.63. The summed E-state index contributed by atoms with van der Waals surface area (Å²) in [5.41, 5.74) is 3.40. The highest BCUT2D eigenvalue weighted by molar-refractivity contribution is 7.78. The largest absolute Gasteiger partial charge is 0.300 e. The molecule has 148 valence electrons. The van der Waals surface area contributed by atoms with Crippen molar-refractivity contribution < 1.29 is 0 Å². The van der Waals surface area contributed by atoms with E-state index < -0.39 is 0 Å². The Bertz CT molecular complexity index is 791. The van der Waals surface area contributed by atoms with Crippen molar-refractivity contribution >= 4 is 17.4 Å². The van der Waals surface area contributed by atoms with Crippen LogP contribution in [0.2, 0.25) is 0 Å². The monoisotopic (exact) mass is 400 g/mol. The lowest BCUT2D eigenvalue weighted by Gasteiger charge is -2.37. The molecule has 0 heterocycles. The molecular formula is C26H28N2S. The van der Waals surface area contributed by atoms with Crippen LogP contribution in [-0.2, 0) is 5.54 Å². The van der Waals surface area contributed by atoms with Crippen LogP contribution in [0.3, 0.4) is 0 Å². The van der Waals surface area contributed by atoms with E-state index in [0.717, 1.165) is 32.4 Å². The molecular weight excluding hydrogens is 372 g/mol. The lowest BCUT2D eigenvalue weighted by molar-refractivity contribution is 0.456. The third kappa shape index (κ3) is 5.48. The Kier molecular flexibility index (Phi) is 8.33. The van der Waals surface area contributed by atoms with Crippen LogP contribution in [0.15, 0.2) is 96.0 Å². The minimum absolute atomic E-state index is 0.370. The second-order valence-electron chi connectivity index (χ2n) is 7.16. The summed E-state index contributed by atoms with van der Waals surface area (Å²) >= 11 is 4.63. The van der Waals surface area contributed by atoms with Gasteiger partial charge in [0.25, 0.3) is 0 Å². The number of aliphatic imine (C=N–C) groups is 1. The quantitative estimate of drug-likeness (QED) is 0.178. The topological polar surface area (TPSA) is 24.4 Å². The Hall–Kier alpha value is -2.58. The fourth-order valence-electron chi connectivity index (χ4n) is 3.86. The Morgan fingerprint density at radius 1 is 0.655 bits per heavy atom. The summed E-state index contributed by atoms with van der Waals surface area (Å²) in [5, 5.41) is 6.37. The predicted molar refractivity (Wildman–Crippen MR) is 126 cm³/mol. The summed E-state index contributed by atoms with van der Waals surface area (Å²) in [4.78, 5) is 4.00. The van der Waals surface area contributed by atoms with Gasteiger partial charge in [0.2, 0.25) is 0 Å². The van der Waals surface area contributed by atoms with Crippen LogP contribution in [0.4, 0.5) is 0 Å². The highest BCUT2D eigenvalue weighted by atomic mass is 32.1. The molecule has 2 nitrogen and oxygen atoms in total. The van der Waals surface area contributed by atoms with Crippen molar-refractivity contribution in [2.45, 2.75) is 31.2 Å². The van der Waals surface area contributed by atoms with E-state index in [0.29, 0.717) is 0 Å². The molecule has 0 bridgehead atoms. The van der Waals surface area contributed by atoms with Crippen LogP contribution in [0.25, 0.3) is 0 Å². The van der Waals surface area contributed by atoms with Crippen molar-refractivity contribution in [3.8, 4) is 0 Å². The molecule has 3 aromatic rings. The van der Waals surface area contributed by atoms with E-state index in [1.54, 1.807) is 0 Å². The van der Waals surface area contributed by atoms with Gasteiger partial charge in [-0.05, 0) is 48.3 Å². The Labute approximate surface area is 179 Å². The van der Waals surface area contributed by atoms with Gasteiger partial charge >= 0.3 is 0 Å². The highest BCUT2D eigenvalue weighted by Crippen LogP contribution is 2.36. The number of nitrogens with one attached hydrogen (secondary N) is 1. The van der Waals surface area contributed by atoms with Gasteiger partial charge < -0.3 is 0 Å². The van der Waals surface area contributed by atoms with Crippen LogP contribution in [-0.4, -0.2) is 18.3 Å². The normalized spacial score (nSPS) is 11.0. The fourth-order valence-corrected chi connectivity index (χ4v) is 3.95. The Balaban J connectivity index is 1.86. The molecule has 0 saturated carbocycles. The van der Waals surface area contributed by atoms with Gasteiger partial charge in [-0.15, -0.1) is 0 Å². The van der Waals surface area contributed by atoms with Gasteiger partial charge in [-0.3, -0.25) is 5.32 Å². The number of rotatable bonds is 11. The lowest BCUT2D eigenvalue weighted by Crippen LogP contribution is -2.45. The van der Waals surface area contributed by atoms with E-state index in [9.17, 15) is 0 Å². The van der Waals surface area contributed by atoms with Gasteiger partial charge in [-0.2, -0.15) is 0 Å². The molecule has 0 atom stereocenters. The van der Waals surface area contributed by atoms with Crippen molar-refractivity contribution in [1.82, 2.24) is 5.32 Å². The standard InChI is InChI=1S/C26H28N2S/c29-22-27-20-12-1-2-13-21-28-26(23-14-6-3-7-15-23,24-16-8-4-9-17-24)25-18-10-5-11-19-25/h3-11,14-19,28H,1-2,12-13,20-21H2. The molecule has 3 heteroatoms. The molecule has 0 aliphatic rings. The first-order valence-corrected chi connectivity index (χ1v) is 10.7. The van der Waals surface area contributed by atoms with Gasteiger partial charge in [0, 0.05) is 6.54 Å². The van der Waals surface area contributed by atoms with Gasteiger partial charge in [0.05, 0.1) is 10.7 Å². The smallest absolute Gasteiger partial charge is 0.0947 e. The Morgan fingerprint density at radius 2 is 1.10 bits per heavy atom. The average molecular weight is 401 g/mol. The molecule has 0 saturated heterocycles. The number of hydrogen-bond donors (Lipinski definition) is 1. The van der Waals surface area contributed by atoms with Crippen molar-refractivity contribution in [2.75, 3.05) is 13.1 Å². The maximum absolute atomic E-state index is 4.63. The summed E-state index contributed by atoms with van der Waals surface area (Å²) in [5.74, 6) is 0. The number of nitrogens with zero attached hydrogens (tertiary/aromatic N) is 1.